The number of carbonyl (C=O) groups is 2. The van der Waals surface area contributed by atoms with Crippen LogP contribution in [0, 0.1) is 5.92 Å². The highest BCUT2D eigenvalue weighted by atomic mass is 32.1. The number of thiophene rings is 2. The van der Waals surface area contributed by atoms with E-state index in [1.807, 2.05) is 17.5 Å². The summed E-state index contributed by atoms with van der Waals surface area (Å²) in [5, 5.41) is 7.24. The van der Waals surface area contributed by atoms with Crippen molar-refractivity contribution in [2.45, 2.75) is 51.1 Å². The van der Waals surface area contributed by atoms with Gasteiger partial charge in [0.15, 0.2) is 0 Å². The number of carbonyl (C=O) groups excluding carboxylic acids is 2. The van der Waals surface area contributed by atoms with Gasteiger partial charge in [-0.3, -0.25) is 14.5 Å². The quantitative estimate of drug-likeness (QED) is 0.717. The van der Waals surface area contributed by atoms with Crippen LogP contribution in [-0.4, -0.2) is 53.8 Å². The van der Waals surface area contributed by atoms with Gasteiger partial charge in [0.05, 0.1) is 10.9 Å². The van der Waals surface area contributed by atoms with Gasteiger partial charge in [-0.2, -0.15) is 0 Å². The standard InChI is InChI=1S/C23H31N3O2S2/c1-17-9-12-25(13-10-17)19(20-7-4-14-29-20)16-24-22(27)18-6-2-3-11-26(18)23(28)21-8-5-15-30-21/h4-5,7-8,14-15,17-19H,2-3,6,9-13,16H2,1H3,(H,24,27). The first-order chi connectivity index (χ1) is 14.6. The Morgan fingerprint density at radius 1 is 1.07 bits per heavy atom. The van der Waals surface area contributed by atoms with Gasteiger partial charge in [-0.15, -0.1) is 22.7 Å². The summed E-state index contributed by atoms with van der Waals surface area (Å²) in [4.78, 5) is 32.4. The van der Waals surface area contributed by atoms with E-state index < -0.39 is 0 Å². The lowest BCUT2D eigenvalue weighted by Gasteiger charge is -2.38. The Labute approximate surface area is 187 Å². The molecule has 0 aromatic carbocycles. The highest BCUT2D eigenvalue weighted by molar-refractivity contribution is 7.12. The smallest absolute Gasteiger partial charge is 0.264 e. The molecule has 162 valence electrons. The summed E-state index contributed by atoms with van der Waals surface area (Å²) in [6.45, 7) is 5.73. The molecule has 0 radical (unpaired) electrons. The lowest BCUT2D eigenvalue weighted by Crippen LogP contribution is -2.53. The Morgan fingerprint density at radius 2 is 1.83 bits per heavy atom. The van der Waals surface area contributed by atoms with Gasteiger partial charge >= 0.3 is 0 Å². The van der Waals surface area contributed by atoms with Gasteiger partial charge in [0.2, 0.25) is 5.91 Å². The number of amides is 2. The first kappa shape index (κ1) is 21.5. The van der Waals surface area contributed by atoms with Crippen molar-refractivity contribution in [3.63, 3.8) is 0 Å². The Bertz CT molecular complexity index is 814. The lowest BCUT2D eigenvalue weighted by molar-refractivity contribution is -0.127. The Hall–Kier alpha value is -1.70. The lowest BCUT2D eigenvalue weighted by atomic mass is 9.97. The first-order valence-corrected chi connectivity index (χ1v) is 12.8. The molecule has 2 unspecified atom stereocenters. The van der Waals surface area contributed by atoms with E-state index in [-0.39, 0.29) is 23.9 Å². The number of likely N-dealkylation sites (tertiary alicyclic amines) is 2. The Morgan fingerprint density at radius 3 is 2.53 bits per heavy atom. The Balaban J connectivity index is 1.42. The van der Waals surface area contributed by atoms with E-state index in [2.05, 4.69) is 34.7 Å². The van der Waals surface area contributed by atoms with Crippen molar-refractivity contribution < 1.29 is 9.59 Å². The van der Waals surface area contributed by atoms with Crippen LogP contribution < -0.4 is 5.32 Å². The monoisotopic (exact) mass is 445 g/mol. The van der Waals surface area contributed by atoms with E-state index in [1.54, 1.807) is 16.2 Å². The molecular formula is C23H31N3O2S2. The van der Waals surface area contributed by atoms with Crippen molar-refractivity contribution in [1.29, 1.82) is 0 Å². The molecule has 2 aromatic rings. The van der Waals surface area contributed by atoms with Gasteiger partial charge in [-0.1, -0.05) is 19.1 Å². The second-order valence-electron chi connectivity index (χ2n) is 8.48. The molecule has 2 aliphatic rings. The predicted molar refractivity (Wildman–Crippen MR) is 123 cm³/mol. The van der Waals surface area contributed by atoms with Crippen LogP contribution in [0.5, 0.6) is 0 Å². The molecule has 7 heteroatoms. The van der Waals surface area contributed by atoms with E-state index in [4.69, 9.17) is 0 Å². The third-order valence-corrected chi connectivity index (χ3v) is 8.23. The molecule has 2 aromatic heterocycles. The largest absolute Gasteiger partial charge is 0.352 e. The molecule has 4 heterocycles. The summed E-state index contributed by atoms with van der Waals surface area (Å²) in [7, 11) is 0. The Kier molecular flexibility index (Phi) is 7.23. The van der Waals surface area contributed by atoms with Crippen LogP contribution >= 0.6 is 22.7 Å². The maximum Gasteiger partial charge on any atom is 0.264 e. The minimum atomic E-state index is -0.362. The third-order valence-electron chi connectivity index (χ3n) is 6.40. The van der Waals surface area contributed by atoms with E-state index >= 15 is 0 Å². The molecule has 2 amide bonds. The molecule has 2 aliphatic heterocycles. The van der Waals surface area contributed by atoms with Crippen molar-refractivity contribution in [2.75, 3.05) is 26.2 Å². The highest BCUT2D eigenvalue weighted by Gasteiger charge is 2.34. The minimum absolute atomic E-state index is 0.00783. The molecule has 0 aliphatic carbocycles. The first-order valence-electron chi connectivity index (χ1n) is 11.0. The third kappa shape index (κ3) is 4.95. The summed E-state index contributed by atoms with van der Waals surface area (Å²) < 4.78 is 0. The second kappa shape index (κ2) is 10.1. The molecule has 2 fully saturated rings. The molecule has 0 spiro atoms. The second-order valence-corrected chi connectivity index (χ2v) is 10.4. The van der Waals surface area contributed by atoms with E-state index in [9.17, 15) is 9.59 Å². The topological polar surface area (TPSA) is 52.7 Å². The van der Waals surface area contributed by atoms with Crippen molar-refractivity contribution in [1.82, 2.24) is 15.1 Å². The van der Waals surface area contributed by atoms with Gasteiger partial charge in [0, 0.05) is 18.0 Å². The zero-order valence-electron chi connectivity index (χ0n) is 17.6. The fraction of sp³-hybridized carbons (Fsp3) is 0.565. The average Bonchev–Trinajstić information content (AvgIpc) is 3.49. The molecule has 1 N–H and O–H groups in total. The summed E-state index contributed by atoms with van der Waals surface area (Å²) in [5.41, 5.74) is 0. The molecule has 30 heavy (non-hydrogen) atoms. The summed E-state index contributed by atoms with van der Waals surface area (Å²) in [6.07, 6.45) is 5.12. The molecule has 2 saturated heterocycles. The SMILES string of the molecule is CC1CCN(C(CNC(=O)C2CCCCN2C(=O)c2cccs2)c2cccs2)CC1. The average molecular weight is 446 g/mol. The van der Waals surface area contributed by atoms with Gasteiger partial charge in [0.25, 0.3) is 5.91 Å². The molecule has 5 nitrogen and oxygen atoms in total. The van der Waals surface area contributed by atoms with Crippen LogP contribution in [0.25, 0.3) is 0 Å². The highest BCUT2D eigenvalue weighted by Crippen LogP contribution is 2.29. The summed E-state index contributed by atoms with van der Waals surface area (Å²) in [5.74, 6) is 0.759. The molecule has 2 atom stereocenters. The van der Waals surface area contributed by atoms with Crippen LogP contribution in [0.15, 0.2) is 35.0 Å². The van der Waals surface area contributed by atoms with Crippen molar-refractivity contribution in [3.05, 3.63) is 44.8 Å². The van der Waals surface area contributed by atoms with E-state index in [0.29, 0.717) is 18.0 Å². The van der Waals surface area contributed by atoms with Crippen molar-refractivity contribution in [2.24, 2.45) is 5.92 Å². The van der Waals surface area contributed by atoms with Crippen LogP contribution in [0.3, 0.4) is 0 Å². The molecule has 4 rings (SSSR count). The number of nitrogens with one attached hydrogen (secondary N) is 1. The minimum Gasteiger partial charge on any atom is -0.352 e. The van der Waals surface area contributed by atoms with Crippen molar-refractivity contribution >= 4 is 34.5 Å². The molecule has 0 saturated carbocycles. The fourth-order valence-corrected chi connectivity index (χ4v) is 6.07. The zero-order chi connectivity index (χ0) is 20.9. The number of rotatable bonds is 6. The summed E-state index contributed by atoms with van der Waals surface area (Å²) >= 11 is 3.21. The summed E-state index contributed by atoms with van der Waals surface area (Å²) in [6, 6.07) is 7.85. The van der Waals surface area contributed by atoms with Gasteiger partial charge in [-0.05, 0) is 74.0 Å². The number of nitrogens with zero attached hydrogens (tertiary/aromatic N) is 2. The maximum absolute atomic E-state index is 13.2. The van der Waals surface area contributed by atoms with Crippen LogP contribution in [0.1, 0.15) is 59.6 Å². The normalized spacial score (nSPS) is 22.0. The number of hydrogen-bond acceptors (Lipinski definition) is 5. The number of hydrogen-bond donors (Lipinski definition) is 1. The molecular weight excluding hydrogens is 414 g/mol. The van der Waals surface area contributed by atoms with Gasteiger partial charge < -0.3 is 10.2 Å². The van der Waals surface area contributed by atoms with Crippen LogP contribution in [-0.2, 0) is 4.79 Å². The molecule has 0 bridgehead atoms. The maximum atomic E-state index is 13.2. The van der Waals surface area contributed by atoms with Gasteiger partial charge in [-0.25, -0.2) is 0 Å². The number of piperidine rings is 2. The van der Waals surface area contributed by atoms with Crippen LogP contribution in [0.2, 0.25) is 0 Å². The van der Waals surface area contributed by atoms with E-state index in [1.165, 1.54) is 29.1 Å². The predicted octanol–water partition coefficient (Wildman–Crippen LogP) is 4.39. The van der Waals surface area contributed by atoms with Gasteiger partial charge in [0.1, 0.15) is 6.04 Å². The van der Waals surface area contributed by atoms with Crippen molar-refractivity contribution in [3.8, 4) is 0 Å². The van der Waals surface area contributed by atoms with E-state index in [0.717, 1.165) is 38.3 Å². The zero-order valence-corrected chi connectivity index (χ0v) is 19.2. The fourth-order valence-electron chi connectivity index (χ4n) is 4.53. The van der Waals surface area contributed by atoms with Crippen LogP contribution in [0.4, 0.5) is 0 Å².